The van der Waals surface area contributed by atoms with Crippen molar-refractivity contribution >= 4 is 0 Å². The van der Waals surface area contributed by atoms with E-state index in [-0.39, 0.29) is 16.9 Å². The van der Waals surface area contributed by atoms with E-state index in [1.807, 2.05) is 6.08 Å². The Balaban J connectivity index is 2.03. The van der Waals surface area contributed by atoms with Crippen LogP contribution >= 0.6 is 0 Å². The van der Waals surface area contributed by atoms with Crippen LogP contribution in [-0.2, 0) is 0 Å². The average Bonchev–Trinajstić information content (AvgIpc) is 2.36. The maximum atomic E-state index is 10.8. The zero-order chi connectivity index (χ0) is 15.5. The van der Waals surface area contributed by atoms with Crippen LogP contribution in [0.4, 0.5) is 0 Å². The van der Waals surface area contributed by atoms with Crippen LogP contribution in [0.3, 0.4) is 0 Å². The number of fused-ring (bicyclic) bond motifs is 3. The van der Waals surface area contributed by atoms with Crippen LogP contribution in [0.5, 0.6) is 0 Å². The molecule has 2 heteroatoms. The Morgan fingerprint density at radius 1 is 1.24 bits per heavy atom. The van der Waals surface area contributed by atoms with E-state index >= 15 is 0 Å². The smallest absolute Gasteiger partial charge is 0.101 e. The van der Waals surface area contributed by atoms with Crippen molar-refractivity contribution in [2.75, 3.05) is 0 Å². The van der Waals surface area contributed by atoms with Crippen molar-refractivity contribution in [3.8, 4) is 0 Å². The summed E-state index contributed by atoms with van der Waals surface area (Å²) in [5.74, 6) is 0.890. The third-order valence-electron chi connectivity index (χ3n) is 6.78. The fourth-order valence-corrected chi connectivity index (χ4v) is 6.01. The number of aliphatic hydroxyl groups excluding tert-OH is 1. The Hall–Kier alpha value is -0.600. The van der Waals surface area contributed by atoms with Gasteiger partial charge in [0, 0.05) is 0 Å². The Morgan fingerprint density at radius 3 is 2.62 bits per heavy atom. The predicted octanol–water partition coefficient (Wildman–Crippen LogP) is 3.84. The molecule has 21 heavy (non-hydrogen) atoms. The number of hydrogen-bond acceptors (Lipinski definition) is 2. The molecule has 2 N–H and O–H groups in total. The van der Waals surface area contributed by atoms with E-state index in [0.29, 0.717) is 11.8 Å². The van der Waals surface area contributed by atoms with Crippen LogP contribution in [-0.4, -0.2) is 21.9 Å². The first kappa shape index (κ1) is 15.3. The monoisotopic (exact) mass is 290 g/mol. The van der Waals surface area contributed by atoms with Gasteiger partial charge in [0.2, 0.25) is 0 Å². The summed E-state index contributed by atoms with van der Waals surface area (Å²) < 4.78 is 0. The molecular formula is C19H30O2. The standard InChI is InChI=1S/C19H30O2/c1-5-19(21)10-7-14-13(12-19)11-15(20)16-17(2,3)8-6-9-18(14,16)4/h5,12,14-16,20-21H,1,6-11H2,2-4H3/t14-,15?,16?,18+,19-/m0/s1. The molecule has 0 radical (unpaired) electrons. The van der Waals surface area contributed by atoms with Crippen LogP contribution in [0.25, 0.3) is 0 Å². The SMILES string of the molecule is C=C[C@@]1(O)C=C2CC(O)C3C(C)(C)CCC[C@]3(C)[C@H]2CC1. The molecule has 0 aliphatic heterocycles. The molecule has 2 fully saturated rings. The summed E-state index contributed by atoms with van der Waals surface area (Å²) in [5.41, 5.74) is 0.796. The molecule has 0 aromatic heterocycles. The van der Waals surface area contributed by atoms with Gasteiger partial charge in [0.15, 0.2) is 0 Å². The molecule has 2 unspecified atom stereocenters. The molecule has 3 rings (SSSR count). The Morgan fingerprint density at radius 2 is 1.95 bits per heavy atom. The molecule has 0 amide bonds. The van der Waals surface area contributed by atoms with Crippen molar-refractivity contribution < 1.29 is 10.2 Å². The lowest BCUT2D eigenvalue weighted by molar-refractivity contribution is -0.126. The van der Waals surface area contributed by atoms with Gasteiger partial charge in [0.1, 0.15) is 5.60 Å². The van der Waals surface area contributed by atoms with E-state index < -0.39 is 5.60 Å². The van der Waals surface area contributed by atoms with Gasteiger partial charge in [0.05, 0.1) is 6.10 Å². The molecule has 5 atom stereocenters. The highest BCUT2D eigenvalue weighted by Crippen LogP contribution is 2.63. The zero-order valence-corrected chi connectivity index (χ0v) is 13.7. The molecule has 0 aromatic rings. The van der Waals surface area contributed by atoms with Gasteiger partial charge in [0.25, 0.3) is 0 Å². The lowest BCUT2D eigenvalue weighted by atomic mass is 9.45. The first-order chi connectivity index (χ1) is 9.72. The van der Waals surface area contributed by atoms with Crippen molar-refractivity contribution in [2.24, 2.45) is 22.7 Å². The van der Waals surface area contributed by atoms with E-state index in [2.05, 4.69) is 27.4 Å². The van der Waals surface area contributed by atoms with Crippen molar-refractivity contribution in [1.82, 2.24) is 0 Å². The van der Waals surface area contributed by atoms with Crippen molar-refractivity contribution in [2.45, 2.75) is 71.0 Å². The van der Waals surface area contributed by atoms with E-state index in [1.165, 1.54) is 24.8 Å². The van der Waals surface area contributed by atoms with Gasteiger partial charge in [-0.2, -0.15) is 0 Å². The first-order valence-corrected chi connectivity index (χ1v) is 8.47. The van der Waals surface area contributed by atoms with Gasteiger partial charge in [-0.15, -0.1) is 0 Å². The second kappa shape index (κ2) is 4.70. The van der Waals surface area contributed by atoms with E-state index in [4.69, 9.17) is 0 Å². The molecular weight excluding hydrogens is 260 g/mol. The highest BCUT2D eigenvalue weighted by Gasteiger charge is 2.57. The van der Waals surface area contributed by atoms with Crippen LogP contribution in [0, 0.1) is 22.7 Å². The Labute approximate surface area is 128 Å². The largest absolute Gasteiger partial charge is 0.392 e. The molecule has 0 spiro atoms. The lowest BCUT2D eigenvalue weighted by Crippen LogP contribution is -2.56. The minimum absolute atomic E-state index is 0.174. The molecule has 0 aromatic carbocycles. The zero-order valence-electron chi connectivity index (χ0n) is 13.7. The minimum Gasteiger partial charge on any atom is -0.392 e. The van der Waals surface area contributed by atoms with Gasteiger partial charge >= 0.3 is 0 Å². The van der Waals surface area contributed by atoms with Gasteiger partial charge in [-0.05, 0) is 60.8 Å². The molecule has 3 aliphatic rings. The summed E-state index contributed by atoms with van der Waals surface area (Å²) in [4.78, 5) is 0. The number of rotatable bonds is 1. The van der Waals surface area contributed by atoms with Crippen LogP contribution in [0.2, 0.25) is 0 Å². The summed E-state index contributed by atoms with van der Waals surface area (Å²) in [5, 5.41) is 21.4. The Kier molecular flexibility index (Phi) is 3.42. The summed E-state index contributed by atoms with van der Waals surface area (Å²) >= 11 is 0. The summed E-state index contributed by atoms with van der Waals surface area (Å²) in [6.45, 7) is 10.8. The van der Waals surface area contributed by atoms with Crippen molar-refractivity contribution in [3.05, 3.63) is 24.3 Å². The maximum absolute atomic E-state index is 10.8. The molecule has 2 nitrogen and oxygen atoms in total. The van der Waals surface area contributed by atoms with Gasteiger partial charge in [-0.25, -0.2) is 0 Å². The molecule has 118 valence electrons. The topological polar surface area (TPSA) is 40.5 Å². The number of aliphatic hydroxyl groups is 2. The second-order valence-corrected chi connectivity index (χ2v) is 8.60. The van der Waals surface area contributed by atoms with Gasteiger partial charge in [-0.1, -0.05) is 45.4 Å². The highest BCUT2D eigenvalue weighted by atomic mass is 16.3. The quantitative estimate of drug-likeness (QED) is 0.720. The summed E-state index contributed by atoms with van der Waals surface area (Å²) in [6.07, 6.45) is 9.56. The second-order valence-electron chi connectivity index (χ2n) is 8.60. The van der Waals surface area contributed by atoms with Crippen LogP contribution < -0.4 is 0 Å². The minimum atomic E-state index is -0.862. The first-order valence-electron chi connectivity index (χ1n) is 8.47. The molecule has 0 heterocycles. The van der Waals surface area contributed by atoms with E-state index in [9.17, 15) is 10.2 Å². The average molecular weight is 290 g/mol. The fraction of sp³-hybridized carbons (Fsp3) is 0.789. The number of hydrogen-bond donors (Lipinski definition) is 2. The van der Waals surface area contributed by atoms with Crippen molar-refractivity contribution in [3.63, 3.8) is 0 Å². The lowest BCUT2D eigenvalue weighted by Gasteiger charge is -2.61. The van der Waals surface area contributed by atoms with Gasteiger partial charge < -0.3 is 10.2 Å². The molecule has 0 bridgehead atoms. The van der Waals surface area contributed by atoms with Crippen LogP contribution in [0.1, 0.15) is 59.3 Å². The molecule has 2 saturated carbocycles. The van der Waals surface area contributed by atoms with Gasteiger partial charge in [-0.3, -0.25) is 0 Å². The van der Waals surface area contributed by atoms with Crippen molar-refractivity contribution in [1.29, 1.82) is 0 Å². The third-order valence-corrected chi connectivity index (χ3v) is 6.78. The highest BCUT2D eigenvalue weighted by molar-refractivity contribution is 5.29. The fourth-order valence-electron chi connectivity index (χ4n) is 6.01. The predicted molar refractivity (Wildman–Crippen MR) is 85.8 cm³/mol. The van der Waals surface area contributed by atoms with E-state index in [0.717, 1.165) is 19.3 Å². The van der Waals surface area contributed by atoms with Crippen LogP contribution in [0.15, 0.2) is 24.3 Å². The normalized spacial score (nSPS) is 48.8. The Bertz CT molecular complexity index is 478. The van der Waals surface area contributed by atoms with E-state index in [1.54, 1.807) is 6.08 Å². The maximum Gasteiger partial charge on any atom is 0.101 e. The molecule has 3 aliphatic carbocycles. The molecule has 0 saturated heterocycles. The third kappa shape index (κ3) is 2.22. The summed E-state index contributed by atoms with van der Waals surface area (Å²) in [6, 6.07) is 0. The summed E-state index contributed by atoms with van der Waals surface area (Å²) in [7, 11) is 0.